The van der Waals surface area contributed by atoms with Crippen molar-refractivity contribution in [3.63, 3.8) is 0 Å². The number of pyridine rings is 1. The fourth-order valence-corrected chi connectivity index (χ4v) is 4.80. The van der Waals surface area contributed by atoms with Gasteiger partial charge in [0.2, 0.25) is 0 Å². The second-order valence-corrected chi connectivity index (χ2v) is 9.62. The van der Waals surface area contributed by atoms with Crippen LogP contribution < -0.4 is 15.4 Å². The van der Waals surface area contributed by atoms with E-state index in [-0.39, 0.29) is 18.3 Å². The van der Waals surface area contributed by atoms with Gasteiger partial charge in [0.1, 0.15) is 5.75 Å². The quantitative estimate of drug-likeness (QED) is 0.415. The molecule has 37 heavy (non-hydrogen) atoms. The minimum absolute atomic E-state index is 0.0125. The first-order valence-electron chi connectivity index (χ1n) is 12.4. The number of ether oxygens (including phenoxy) is 1. The molecule has 1 fully saturated rings. The Kier molecular flexibility index (Phi) is 8.04. The highest BCUT2D eigenvalue weighted by atomic mass is 19.1. The lowest BCUT2D eigenvalue weighted by Gasteiger charge is -2.32. The fraction of sp³-hybridized carbons (Fsp3) is 0.345. The highest BCUT2D eigenvalue weighted by molar-refractivity contribution is 5.99. The van der Waals surface area contributed by atoms with Crippen molar-refractivity contribution < 1.29 is 13.9 Å². The molecule has 4 rings (SSSR count). The van der Waals surface area contributed by atoms with Gasteiger partial charge in [-0.25, -0.2) is 9.37 Å². The van der Waals surface area contributed by atoms with Gasteiger partial charge in [-0.15, -0.1) is 0 Å². The number of nitrogens with zero attached hydrogens (tertiary/aromatic N) is 3. The third-order valence-electron chi connectivity index (χ3n) is 6.96. The Morgan fingerprint density at radius 2 is 1.92 bits per heavy atom. The summed E-state index contributed by atoms with van der Waals surface area (Å²) in [5, 5.41) is 17.1. The molecule has 1 heterocycles. The number of hydrogen-bond donors (Lipinski definition) is 2. The van der Waals surface area contributed by atoms with Crippen LogP contribution in [0.3, 0.4) is 0 Å². The molecule has 7 nitrogen and oxygen atoms in total. The fourth-order valence-electron chi connectivity index (χ4n) is 4.80. The van der Waals surface area contributed by atoms with E-state index in [0.717, 1.165) is 42.0 Å². The summed E-state index contributed by atoms with van der Waals surface area (Å²) >= 11 is 0. The Bertz CT molecular complexity index is 1360. The molecule has 0 radical (unpaired) electrons. The van der Waals surface area contributed by atoms with Crippen LogP contribution in [0, 0.1) is 17.1 Å². The van der Waals surface area contributed by atoms with Crippen molar-refractivity contribution in [2.75, 3.05) is 33.1 Å². The van der Waals surface area contributed by atoms with Crippen molar-refractivity contribution in [3.8, 4) is 23.1 Å². The van der Waals surface area contributed by atoms with E-state index < -0.39 is 11.7 Å². The van der Waals surface area contributed by atoms with Gasteiger partial charge in [-0.05, 0) is 69.4 Å². The van der Waals surface area contributed by atoms with Crippen molar-refractivity contribution in [3.05, 3.63) is 66.1 Å². The standard InChI is InChI=1S/C29H32FN5O2/c1-18(16-31)17-32-27-23-15-20(6-5-19(23)7-14-26(27)37-4)25-13-12-24(30)28(34-25)29(36)33-21-8-10-22(11-9-21)35(2)3/h5-7,12-15,21-22,32H,1,8-11,17H2,2-4H3,(H,33,36)/t21-,22-. The zero-order chi connectivity index (χ0) is 26.5. The summed E-state index contributed by atoms with van der Waals surface area (Å²) in [5.41, 5.74) is 2.11. The van der Waals surface area contributed by atoms with Crippen LogP contribution in [0.4, 0.5) is 10.1 Å². The van der Waals surface area contributed by atoms with Crippen LogP contribution in [0.2, 0.25) is 0 Å². The van der Waals surface area contributed by atoms with Crippen LogP contribution in [-0.2, 0) is 0 Å². The number of halogens is 1. The minimum Gasteiger partial charge on any atom is -0.495 e. The zero-order valence-electron chi connectivity index (χ0n) is 21.5. The third-order valence-corrected chi connectivity index (χ3v) is 6.96. The van der Waals surface area contributed by atoms with E-state index in [0.29, 0.717) is 28.7 Å². The van der Waals surface area contributed by atoms with Gasteiger partial charge >= 0.3 is 0 Å². The van der Waals surface area contributed by atoms with E-state index in [1.807, 2.05) is 36.4 Å². The molecule has 0 bridgehead atoms. The number of carbonyl (C=O) groups excluding carboxylic acids is 1. The Morgan fingerprint density at radius 3 is 2.59 bits per heavy atom. The first-order valence-corrected chi connectivity index (χ1v) is 12.4. The van der Waals surface area contributed by atoms with Gasteiger partial charge in [0.15, 0.2) is 11.5 Å². The molecule has 8 heteroatoms. The largest absolute Gasteiger partial charge is 0.495 e. The van der Waals surface area contributed by atoms with E-state index >= 15 is 0 Å². The van der Waals surface area contributed by atoms with Gasteiger partial charge in [-0.3, -0.25) is 4.79 Å². The molecule has 3 aromatic rings. The predicted molar refractivity (Wildman–Crippen MR) is 144 cm³/mol. The Balaban J connectivity index is 1.61. The molecule has 1 saturated carbocycles. The van der Waals surface area contributed by atoms with Crippen LogP contribution in [0.5, 0.6) is 5.75 Å². The maximum absolute atomic E-state index is 14.7. The summed E-state index contributed by atoms with van der Waals surface area (Å²) in [6, 6.07) is 14.9. The molecule has 2 aromatic carbocycles. The normalized spacial score (nSPS) is 17.3. The van der Waals surface area contributed by atoms with Crippen LogP contribution in [0.15, 0.2) is 54.6 Å². The lowest BCUT2D eigenvalue weighted by molar-refractivity contribution is 0.0906. The number of fused-ring (bicyclic) bond motifs is 1. The van der Waals surface area contributed by atoms with Crippen molar-refractivity contribution in [1.82, 2.24) is 15.2 Å². The number of anilines is 1. The number of aromatic nitrogens is 1. The summed E-state index contributed by atoms with van der Waals surface area (Å²) in [4.78, 5) is 19.6. The van der Waals surface area contributed by atoms with Gasteiger partial charge in [0.05, 0.1) is 24.6 Å². The zero-order valence-corrected chi connectivity index (χ0v) is 21.5. The molecule has 2 N–H and O–H groups in total. The van der Waals surface area contributed by atoms with E-state index in [2.05, 4.69) is 41.2 Å². The first-order chi connectivity index (χ1) is 17.8. The smallest absolute Gasteiger partial charge is 0.273 e. The molecular weight excluding hydrogens is 469 g/mol. The SMILES string of the molecule is C=C(C#N)CNc1c(OC)ccc2ccc(-c3ccc(F)c(C(=O)N[C@H]4CC[C@H](N(C)C)CC4)n3)cc12. The predicted octanol–water partition coefficient (Wildman–Crippen LogP) is 5.14. The average molecular weight is 502 g/mol. The van der Waals surface area contributed by atoms with E-state index in [1.54, 1.807) is 13.2 Å². The number of carbonyl (C=O) groups is 1. The number of nitrogens with one attached hydrogen (secondary N) is 2. The van der Waals surface area contributed by atoms with Gasteiger partial charge in [0.25, 0.3) is 5.91 Å². The number of amides is 1. The van der Waals surface area contributed by atoms with Crippen LogP contribution >= 0.6 is 0 Å². The minimum atomic E-state index is -0.650. The molecule has 0 aliphatic heterocycles. The Labute approximate surface area is 216 Å². The van der Waals surface area contributed by atoms with Crippen LogP contribution in [0.25, 0.3) is 22.0 Å². The van der Waals surface area contributed by atoms with Gasteiger partial charge in [-0.2, -0.15) is 5.26 Å². The summed E-state index contributed by atoms with van der Waals surface area (Å²) in [5.74, 6) is -0.526. The molecule has 1 aromatic heterocycles. The molecule has 0 saturated heterocycles. The van der Waals surface area contributed by atoms with E-state index in [1.165, 1.54) is 6.07 Å². The molecule has 192 valence electrons. The Hall–Kier alpha value is -3.96. The Morgan fingerprint density at radius 1 is 1.19 bits per heavy atom. The van der Waals surface area contributed by atoms with Crippen molar-refractivity contribution >= 4 is 22.4 Å². The van der Waals surface area contributed by atoms with Crippen molar-refractivity contribution in [2.24, 2.45) is 0 Å². The maximum atomic E-state index is 14.7. The van der Waals surface area contributed by atoms with E-state index in [4.69, 9.17) is 10.00 Å². The molecule has 1 aliphatic carbocycles. The molecule has 0 spiro atoms. The summed E-state index contributed by atoms with van der Waals surface area (Å²) in [6.45, 7) is 4.00. The molecule has 1 amide bonds. The van der Waals surface area contributed by atoms with Crippen LogP contribution in [0.1, 0.15) is 36.2 Å². The van der Waals surface area contributed by atoms with Crippen LogP contribution in [-0.4, -0.2) is 55.6 Å². The number of methoxy groups -OCH3 is 1. The summed E-state index contributed by atoms with van der Waals surface area (Å²) < 4.78 is 20.2. The lowest BCUT2D eigenvalue weighted by atomic mass is 9.90. The number of nitriles is 1. The topological polar surface area (TPSA) is 90.3 Å². The van der Waals surface area contributed by atoms with Crippen molar-refractivity contribution in [1.29, 1.82) is 5.26 Å². The second kappa shape index (κ2) is 11.4. The third kappa shape index (κ3) is 5.89. The van der Waals surface area contributed by atoms with E-state index in [9.17, 15) is 9.18 Å². The molecule has 0 atom stereocenters. The lowest BCUT2D eigenvalue weighted by Crippen LogP contribution is -2.42. The first kappa shape index (κ1) is 26.1. The molecule has 0 unspecified atom stereocenters. The number of benzene rings is 2. The van der Waals surface area contributed by atoms with Gasteiger partial charge in [-0.1, -0.05) is 24.8 Å². The summed E-state index contributed by atoms with van der Waals surface area (Å²) in [7, 11) is 5.72. The summed E-state index contributed by atoms with van der Waals surface area (Å²) in [6.07, 6.45) is 3.70. The van der Waals surface area contributed by atoms with Gasteiger partial charge in [0, 0.05) is 35.2 Å². The monoisotopic (exact) mass is 501 g/mol. The second-order valence-electron chi connectivity index (χ2n) is 9.62. The number of hydrogen-bond acceptors (Lipinski definition) is 6. The van der Waals surface area contributed by atoms with Gasteiger partial charge < -0.3 is 20.3 Å². The molecule has 1 aliphatic rings. The highest BCUT2D eigenvalue weighted by Crippen LogP contribution is 2.36. The number of rotatable bonds is 8. The highest BCUT2D eigenvalue weighted by Gasteiger charge is 2.25. The van der Waals surface area contributed by atoms with Crippen molar-refractivity contribution in [2.45, 2.75) is 37.8 Å². The maximum Gasteiger partial charge on any atom is 0.273 e. The molecular formula is C29H32FN5O2. The average Bonchev–Trinajstić information content (AvgIpc) is 2.91.